The van der Waals surface area contributed by atoms with E-state index in [9.17, 15) is 18.5 Å². The highest BCUT2D eigenvalue weighted by Gasteiger charge is 2.26. The molecule has 0 amide bonds. The lowest BCUT2D eigenvalue weighted by molar-refractivity contribution is -0.384. The Bertz CT molecular complexity index is 565. The molecule has 7 nitrogen and oxygen atoms in total. The summed E-state index contributed by atoms with van der Waals surface area (Å²) in [6.45, 7) is 1.47. The summed E-state index contributed by atoms with van der Waals surface area (Å²) in [6.07, 6.45) is 1.51. The largest absolute Gasteiger partial charge is 0.315 e. The van der Waals surface area contributed by atoms with Gasteiger partial charge < -0.3 is 5.32 Å². The van der Waals surface area contributed by atoms with Crippen molar-refractivity contribution in [2.75, 3.05) is 13.1 Å². The van der Waals surface area contributed by atoms with Crippen LogP contribution in [0.5, 0.6) is 0 Å². The zero-order valence-corrected chi connectivity index (χ0v) is 11.7. The zero-order valence-electron chi connectivity index (χ0n) is 10.9. The van der Waals surface area contributed by atoms with E-state index < -0.39 is 20.2 Å². The molecule has 110 valence electrons. The van der Waals surface area contributed by atoms with Crippen molar-refractivity contribution in [3.05, 3.63) is 39.9 Å². The first-order valence-corrected chi connectivity index (χ1v) is 7.96. The van der Waals surface area contributed by atoms with Crippen LogP contribution >= 0.6 is 0 Å². The fraction of sp³-hybridized carbons (Fsp3) is 0.500. The minimum Gasteiger partial charge on any atom is -0.315 e. The molecule has 1 aliphatic heterocycles. The van der Waals surface area contributed by atoms with Crippen LogP contribution in [0.15, 0.2) is 24.3 Å². The summed E-state index contributed by atoms with van der Waals surface area (Å²) in [5.74, 6) is 0. The van der Waals surface area contributed by atoms with Crippen molar-refractivity contribution in [3.63, 3.8) is 0 Å². The third kappa shape index (κ3) is 3.75. The number of hydrogen-bond acceptors (Lipinski definition) is 5. The molecule has 20 heavy (non-hydrogen) atoms. The van der Waals surface area contributed by atoms with Crippen molar-refractivity contribution in [1.29, 1.82) is 0 Å². The third-order valence-corrected chi connectivity index (χ3v) is 5.14. The lowest BCUT2D eigenvalue weighted by Gasteiger charge is -2.23. The van der Waals surface area contributed by atoms with E-state index in [1.165, 1.54) is 12.1 Å². The molecule has 0 bridgehead atoms. The average molecular weight is 299 g/mol. The SMILES string of the molecule is O=[N+]([O-])c1ccc(CNS(=O)(=O)C2CCCNC2)cc1. The molecule has 0 saturated carbocycles. The number of nitro benzene ring substituents is 1. The maximum absolute atomic E-state index is 12.1. The number of benzene rings is 1. The molecular formula is C12H17N3O4S. The van der Waals surface area contributed by atoms with Gasteiger partial charge in [-0.1, -0.05) is 12.1 Å². The average Bonchev–Trinajstić information content (AvgIpc) is 2.46. The van der Waals surface area contributed by atoms with Gasteiger partial charge in [-0.05, 0) is 24.9 Å². The van der Waals surface area contributed by atoms with Gasteiger partial charge in [0.1, 0.15) is 0 Å². The molecule has 1 atom stereocenters. The first-order valence-electron chi connectivity index (χ1n) is 6.41. The van der Waals surface area contributed by atoms with Gasteiger partial charge in [0.05, 0.1) is 10.2 Å². The molecule has 1 fully saturated rings. The Hall–Kier alpha value is -1.51. The smallest absolute Gasteiger partial charge is 0.269 e. The Morgan fingerprint density at radius 2 is 2.05 bits per heavy atom. The normalized spacial score (nSPS) is 19.7. The van der Waals surface area contributed by atoms with Crippen molar-refractivity contribution >= 4 is 15.7 Å². The number of hydrogen-bond donors (Lipinski definition) is 2. The van der Waals surface area contributed by atoms with Gasteiger partial charge in [0, 0.05) is 25.2 Å². The molecule has 1 aromatic rings. The Morgan fingerprint density at radius 1 is 1.35 bits per heavy atom. The predicted octanol–water partition coefficient (Wildman–Crippen LogP) is 0.766. The second-order valence-corrected chi connectivity index (χ2v) is 6.80. The van der Waals surface area contributed by atoms with Crippen molar-refractivity contribution in [2.45, 2.75) is 24.6 Å². The van der Waals surface area contributed by atoms with E-state index in [2.05, 4.69) is 10.0 Å². The van der Waals surface area contributed by atoms with Gasteiger partial charge in [0.2, 0.25) is 10.0 Å². The fourth-order valence-electron chi connectivity index (χ4n) is 2.12. The third-order valence-electron chi connectivity index (χ3n) is 3.32. The van der Waals surface area contributed by atoms with Gasteiger partial charge in [-0.25, -0.2) is 13.1 Å². The van der Waals surface area contributed by atoms with Gasteiger partial charge in [-0.2, -0.15) is 0 Å². The Balaban J connectivity index is 1.95. The second kappa shape index (κ2) is 6.29. The summed E-state index contributed by atoms with van der Waals surface area (Å²) in [7, 11) is -3.35. The summed E-state index contributed by atoms with van der Waals surface area (Å²) in [4.78, 5) is 10.0. The Kier molecular flexibility index (Phi) is 4.69. The molecule has 0 aliphatic carbocycles. The van der Waals surface area contributed by atoms with Crippen molar-refractivity contribution in [2.24, 2.45) is 0 Å². The zero-order chi connectivity index (χ0) is 14.6. The minimum atomic E-state index is -3.35. The maximum Gasteiger partial charge on any atom is 0.269 e. The summed E-state index contributed by atoms with van der Waals surface area (Å²) in [5.41, 5.74) is 0.691. The van der Waals surface area contributed by atoms with E-state index >= 15 is 0 Å². The first kappa shape index (κ1) is 14.9. The number of piperidine rings is 1. The summed E-state index contributed by atoms with van der Waals surface area (Å²) < 4.78 is 26.7. The Morgan fingerprint density at radius 3 is 2.60 bits per heavy atom. The highest BCUT2D eigenvalue weighted by Crippen LogP contribution is 2.14. The Labute approximate surface area is 117 Å². The molecule has 0 aromatic heterocycles. The van der Waals surface area contributed by atoms with Gasteiger partial charge in [-0.3, -0.25) is 10.1 Å². The number of nitrogens with zero attached hydrogens (tertiary/aromatic N) is 1. The van der Waals surface area contributed by atoms with Crippen LogP contribution in [0, 0.1) is 10.1 Å². The molecular weight excluding hydrogens is 282 g/mol. The maximum atomic E-state index is 12.1. The molecule has 2 N–H and O–H groups in total. The second-order valence-electron chi connectivity index (χ2n) is 4.76. The summed E-state index contributed by atoms with van der Waals surface area (Å²) >= 11 is 0. The monoisotopic (exact) mass is 299 g/mol. The molecule has 2 rings (SSSR count). The summed E-state index contributed by atoms with van der Waals surface area (Å²) in [5, 5.41) is 13.2. The quantitative estimate of drug-likeness (QED) is 0.617. The van der Waals surface area contributed by atoms with E-state index in [0.29, 0.717) is 18.5 Å². The van der Waals surface area contributed by atoms with E-state index in [1.54, 1.807) is 12.1 Å². The van der Waals surface area contributed by atoms with Crippen LogP contribution in [-0.4, -0.2) is 31.7 Å². The topological polar surface area (TPSA) is 101 Å². The van der Waals surface area contributed by atoms with Crippen molar-refractivity contribution < 1.29 is 13.3 Å². The number of nitro groups is 1. The minimum absolute atomic E-state index is 0.00640. The van der Waals surface area contributed by atoms with Crippen LogP contribution in [0.25, 0.3) is 0 Å². The molecule has 8 heteroatoms. The van der Waals surface area contributed by atoms with Gasteiger partial charge in [0.25, 0.3) is 5.69 Å². The lowest BCUT2D eigenvalue weighted by Crippen LogP contribution is -2.44. The molecule has 1 unspecified atom stereocenters. The number of non-ortho nitro benzene ring substituents is 1. The first-order chi connectivity index (χ1) is 9.49. The van der Waals surface area contributed by atoms with Crippen LogP contribution in [0.1, 0.15) is 18.4 Å². The standard InChI is InChI=1S/C12H17N3O4S/c16-15(17)11-5-3-10(4-6-11)8-14-20(18,19)12-2-1-7-13-9-12/h3-6,12-14H,1-2,7-9H2. The molecule has 0 spiro atoms. The molecule has 1 heterocycles. The highest BCUT2D eigenvalue weighted by atomic mass is 32.2. The van der Waals surface area contributed by atoms with E-state index in [4.69, 9.17) is 0 Å². The highest BCUT2D eigenvalue weighted by molar-refractivity contribution is 7.90. The van der Waals surface area contributed by atoms with Gasteiger partial charge >= 0.3 is 0 Å². The molecule has 0 radical (unpaired) electrons. The van der Waals surface area contributed by atoms with E-state index in [1.807, 2.05) is 0 Å². The predicted molar refractivity (Wildman–Crippen MR) is 74.7 cm³/mol. The van der Waals surface area contributed by atoms with Crippen molar-refractivity contribution in [1.82, 2.24) is 10.0 Å². The molecule has 1 aromatic carbocycles. The van der Waals surface area contributed by atoms with Crippen LogP contribution in [0.4, 0.5) is 5.69 Å². The van der Waals surface area contributed by atoms with Crippen LogP contribution in [-0.2, 0) is 16.6 Å². The van der Waals surface area contributed by atoms with E-state index in [0.717, 1.165) is 13.0 Å². The number of nitrogens with one attached hydrogen (secondary N) is 2. The van der Waals surface area contributed by atoms with Crippen LogP contribution < -0.4 is 10.0 Å². The van der Waals surface area contributed by atoms with Gasteiger partial charge in [0.15, 0.2) is 0 Å². The fourth-order valence-corrected chi connectivity index (χ4v) is 3.54. The molecule has 1 saturated heterocycles. The number of sulfonamides is 1. The van der Waals surface area contributed by atoms with Crippen LogP contribution in [0.3, 0.4) is 0 Å². The molecule has 1 aliphatic rings. The van der Waals surface area contributed by atoms with Gasteiger partial charge in [-0.15, -0.1) is 0 Å². The van der Waals surface area contributed by atoms with E-state index in [-0.39, 0.29) is 12.2 Å². The van der Waals surface area contributed by atoms with Crippen molar-refractivity contribution in [3.8, 4) is 0 Å². The lowest BCUT2D eigenvalue weighted by atomic mass is 10.2. The van der Waals surface area contributed by atoms with Crippen LogP contribution in [0.2, 0.25) is 0 Å². The summed E-state index contributed by atoms with van der Waals surface area (Å²) in [6, 6.07) is 5.84. The number of rotatable bonds is 5.